The predicted molar refractivity (Wildman–Crippen MR) is 112 cm³/mol. The number of carbonyl (C=O) groups is 1. The highest BCUT2D eigenvalue weighted by molar-refractivity contribution is 14.0. The molecule has 1 heterocycles. The molecule has 0 saturated heterocycles. The summed E-state index contributed by atoms with van der Waals surface area (Å²) < 4.78 is 10.3. The van der Waals surface area contributed by atoms with Crippen LogP contribution >= 0.6 is 24.0 Å². The SMILES string of the molecule is CN=C(NCc1cc(C(=O)OC)c(C)o1)NC(C)CCCC(C)C.I. The number of nitrogens with zero attached hydrogens (tertiary/aromatic N) is 1. The topological polar surface area (TPSA) is 75.9 Å². The lowest BCUT2D eigenvalue weighted by Gasteiger charge is -2.18. The van der Waals surface area contributed by atoms with Crippen molar-refractivity contribution >= 4 is 35.9 Å². The van der Waals surface area contributed by atoms with E-state index in [9.17, 15) is 4.79 Å². The van der Waals surface area contributed by atoms with Gasteiger partial charge in [0.1, 0.15) is 17.1 Å². The number of carbonyl (C=O) groups excluding carboxylic acids is 1. The highest BCUT2D eigenvalue weighted by Gasteiger charge is 2.15. The third-order valence-corrected chi connectivity index (χ3v) is 3.83. The van der Waals surface area contributed by atoms with Crippen molar-refractivity contribution in [3.63, 3.8) is 0 Å². The molecule has 0 aliphatic rings. The molecule has 0 aliphatic heterocycles. The Kier molecular flexibility index (Phi) is 11.6. The van der Waals surface area contributed by atoms with Crippen LogP contribution in [-0.2, 0) is 11.3 Å². The molecule has 0 fully saturated rings. The Balaban J connectivity index is 0.00000576. The monoisotopic (exact) mass is 465 g/mol. The largest absolute Gasteiger partial charge is 0.465 e. The van der Waals surface area contributed by atoms with Crippen LogP contribution in [0.5, 0.6) is 0 Å². The van der Waals surface area contributed by atoms with E-state index in [1.165, 1.54) is 20.0 Å². The normalized spacial score (nSPS) is 12.5. The molecule has 0 spiro atoms. The van der Waals surface area contributed by atoms with Gasteiger partial charge in [0.05, 0.1) is 13.7 Å². The molecule has 25 heavy (non-hydrogen) atoms. The molecule has 0 bridgehead atoms. The van der Waals surface area contributed by atoms with E-state index in [1.54, 1.807) is 20.0 Å². The first-order valence-electron chi connectivity index (χ1n) is 8.52. The average Bonchev–Trinajstić information content (AvgIpc) is 2.91. The van der Waals surface area contributed by atoms with Gasteiger partial charge in [0.25, 0.3) is 0 Å². The van der Waals surface area contributed by atoms with Crippen LogP contribution in [-0.4, -0.2) is 32.1 Å². The second-order valence-electron chi connectivity index (χ2n) is 6.47. The molecular weight excluding hydrogens is 433 g/mol. The molecule has 0 amide bonds. The number of hydrogen-bond donors (Lipinski definition) is 2. The van der Waals surface area contributed by atoms with Crippen molar-refractivity contribution in [2.24, 2.45) is 10.9 Å². The summed E-state index contributed by atoms with van der Waals surface area (Å²) in [6, 6.07) is 2.05. The Bertz CT molecular complexity index is 556. The van der Waals surface area contributed by atoms with Gasteiger partial charge < -0.3 is 19.8 Å². The summed E-state index contributed by atoms with van der Waals surface area (Å²) in [5.74, 6) is 2.30. The van der Waals surface area contributed by atoms with Crippen LogP contribution in [0.1, 0.15) is 61.9 Å². The number of halogens is 1. The summed E-state index contributed by atoms with van der Waals surface area (Å²) in [6.07, 6.45) is 3.54. The van der Waals surface area contributed by atoms with Gasteiger partial charge in [0.15, 0.2) is 5.96 Å². The van der Waals surface area contributed by atoms with Gasteiger partial charge >= 0.3 is 5.97 Å². The fourth-order valence-electron chi connectivity index (χ4n) is 2.45. The van der Waals surface area contributed by atoms with Gasteiger partial charge in [0, 0.05) is 13.1 Å². The van der Waals surface area contributed by atoms with Crippen LogP contribution < -0.4 is 10.6 Å². The van der Waals surface area contributed by atoms with Crippen molar-refractivity contribution in [3.05, 3.63) is 23.2 Å². The van der Waals surface area contributed by atoms with Crippen molar-refractivity contribution in [1.29, 1.82) is 0 Å². The van der Waals surface area contributed by atoms with E-state index in [2.05, 4.69) is 36.4 Å². The molecule has 0 aromatic carbocycles. The van der Waals surface area contributed by atoms with Crippen LogP contribution in [0, 0.1) is 12.8 Å². The third kappa shape index (κ3) is 8.60. The first-order valence-corrected chi connectivity index (χ1v) is 8.52. The summed E-state index contributed by atoms with van der Waals surface area (Å²) in [7, 11) is 3.10. The summed E-state index contributed by atoms with van der Waals surface area (Å²) in [5, 5.41) is 6.58. The van der Waals surface area contributed by atoms with Crippen LogP contribution in [0.2, 0.25) is 0 Å². The molecule has 7 heteroatoms. The van der Waals surface area contributed by atoms with E-state index in [1.807, 2.05) is 0 Å². The summed E-state index contributed by atoms with van der Waals surface area (Å²) in [6.45, 7) is 8.84. The van der Waals surface area contributed by atoms with E-state index in [0.29, 0.717) is 29.7 Å². The second-order valence-corrected chi connectivity index (χ2v) is 6.47. The molecule has 2 N–H and O–H groups in total. The molecule has 1 atom stereocenters. The minimum atomic E-state index is -0.385. The number of aliphatic imine (C=N–C) groups is 1. The van der Waals surface area contributed by atoms with Gasteiger partial charge in [-0.2, -0.15) is 0 Å². The maximum Gasteiger partial charge on any atom is 0.341 e. The Morgan fingerprint density at radius 3 is 2.56 bits per heavy atom. The minimum Gasteiger partial charge on any atom is -0.465 e. The maximum atomic E-state index is 11.6. The molecular formula is C18H32IN3O3. The number of hydrogen-bond acceptors (Lipinski definition) is 4. The van der Waals surface area contributed by atoms with E-state index in [0.717, 1.165) is 18.3 Å². The number of aryl methyl sites for hydroxylation is 1. The number of rotatable bonds is 8. The van der Waals surface area contributed by atoms with Crippen molar-refractivity contribution in [1.82, 2.24) is 10.6 Å². The molecule has 0 saturated carbocycles. The lowest BCUT2D eigenvalue weighted by molar-refractivity contribution is 0.0599. The van der Waals surface area contributed by atoms with Crippen molar-refractivity contribution in [2.45, 2.75) is 59.5 Å². The molecule has 1 aromatic heterocycles. The fraction of sp³-hybridized carbons (Fsp3) is 0.667. The highest BCUT2D eigenvalue weighted by Crippen LogP contribution is 2.15. The summed E-state index contributed by atoms with van der Waals surface area (Å²) >= 11 is 0. The van der Waals surface area contributed by atoms with Crippen molar-refractivity contribution in [3.8, 4) is 0 Å². The van der Waals surface area contributed by atoms with Crippen molar-refractivity contribution in [2.75, 3.05) is 14.2 Å². The summed E-state index contributed by atoms with van der Waals surface area (Å²) in [4.78, 5) is 15.8. The van der Waals surface area contributed by atoms with Gasteiger partial charge in [-0.1, -0.05) is 26.7 Å². The molecule has 144 valence electrons. The smallest absolute Gasteiger partial charge is 0.341 e. The number of esters is 1. The average molecular weight is 465 g/mol. The Hall–Kier alpha value is -1.25. The predicted octanol–water partition coefficient (Wildman–Crippen LogP) is 3.87. The van der Waals surface area contributed by atoms with Crippen molar-refractivity contribution < 1.29 is 13.9 Å². The highest BCUT2D eigenvalue weighted by atomic mass is 127. The molecule has 0 radical (unpaired) electrons. The van der Waals surface area contributed by atoms with E-state index in [-0.39, 0.29) is 29.9 Å². The maximum absolute atomic E-state index is 11.6. The van der Waals surface area contributed by atoms with E-state index < -0.39 is 0 Å². The Labute approximate surface area is 168 Å². The molecule has 1 unspecified atom stereocenters. The van der Waals surface area contributed by atoms with Crippen LogP contribution in [0.3, 0.4) is 0 Å². The number of ether oxygens (including phenoxy) is 1. The van der Waals surface area contributed by atoms with Gasteiger partial charge in [-0.05, 0) is 32.3 Å². The first kappa shape index (κ1) is 23.8. The zero-order valence-electron chi connectivity index (χ0n) is 16.1. The Morgan fingerprint density at radius 2 is 2.00 bits per heavy atom. The quantitative estimate of drug-likeness (QED) is 0.264. The molecule has 6 nitrogen and oxygen atoms in total. The van der Waals surface area contributed by atoms with Crippen LogP contribution in [0.15, 0.2) is 15.5 Å². The van der Waals surface area contributed by atoms with Gasteiger partial charge in [-0.15, -0.1) is 24.0 Å². The summed E-state index contributed by atoms with van der Waals surface area (Å²) in [5.41, 5.74) is 0.458. The standard InChI is InChI=1S/C18H31N3O3.HI/c1-12(2)8-7-9-13(3)21-18(19-5)20-11-15-10-16(14(4)24-15)17(22)23-6;/h10,12-13H,7-9,11H2,1-6H3,(H2,19,20,21);1H. The lowest BCUT2D eigenvalue weighted by atomic mass is 10.0. The fourth-order valence-corrected chi connectivity index (χ4v) is 2.45. The Morgan fingerprint density at radius 1 is 1.32 bits per heavy atom. The van der Waals surface area contributed by atoms with Crippen LogP contribution in [0.25, 0.3) is 0 Å². The number of guanidine groups is 1. The zero-order chi connectivity index (χ0) is 18.1. The third-order valence-electron chi connectivity index (χ3n) is 3.83. The molecule has 1 rings (SSSR count). The number of nitrogens with one attached hydrogen (secondary N) is 2. The molecule has 0 aliphatic carbocycles. The molecule has 1 aromatic rings. The van der Waals surface area contributed by atoms with E-state index >= 15 is 0 Å². The first-order chi connectivity index (χ1) is 11.4. The second kappa shape index (κ2) is 12.2. The van der Waals surface area contributed by atoms with Gasteiger partial charge in [-0.3, -0.25) is 4.99 Å². The van der Waals surface area contributed by atoms with E-state index in [4.69, 9.17) is 9.15 Å². The number of furan rings is 1. The minimum absolute atomic E-state index is 0. The van der Waals surface area contributed by atoms with Crippen LogP contribution in [0.4, 0.5) is 0 Å². The van der Waals surface area contributed by atoms with Gasteiger partial charge in [-0.25, -0.2) is 4.79 Å². The lowest BCUT2D eigenvalue weighted by Crippen LogP contribution is -2.41. The van der Waals surface area contributed by atoms with Gasteiger partial charge in [0.2, 0.25) is 0 Å². The number of methoxy groups -OCH3 is 1. The zero-order valence-corrected chi connectivity index (χ0v) is 18.5.